The van der Waals surface area contributed by atoms with Crippen LogP contribution in [0, 0.1) is 0 Å². The zero-order chi connectivity index (χ0) is 16.3. The Hall–Kier alpha value is -1.66. The van der Waals surface area contributed by atoms with E-state index in [1.54, 1.807) is 6.20 Å². The lowest BCUT2D eigenvalue weighted by atomic mass is 10.1. The van der Waals surface area contributed by atoms with E-state index < -0.39 is 5.60 Å². The van der Waals surface area contributed by atoms with Gasteiger partial charge in [0.05, 0.1) is 11.2 Å². The second kappa shape index (κ2) is 6.62. The Morgan fingerprint density at radius 1 is 1.27 bits per heavy atom. The molecule has 0 aliphatic carbocycles. The van der Waals surface area contributed by atoms with E-state index >= 15 is 0 Å². The highest BCUT2D eigenvalue weighted by Crippen LogP contribution is 2.13. The van der Waals surface area contributed by atoms with E-state index in [2.05, 4.69) is 9.88 Å². The predicted octanol–water partition coefficient (Wildman–Crippen LogP) is 0.676. The maximum atomic E-state index is 12.5. The highest BCUT2D eigenvalue weighted by Gasteiger charge is 2.25. The van der Waals surface area contributed by atoms with Gasteiger partial charge < -0.3 is 14.9 Å². The van der Waals surface area contributed by atoms with E-state index in [1.807, 2.05) is 49.9 Å². The Kier molecular flexibility index (Phi) is 5.03. The zero-order valence-corrected chi connectivity index (χ0v) is 13.9. The van der Waals surface area contributed by atoms with E-state index in [9.17, 15) is 9.90 Å². The summed E-state index contributed by atoms with van der Waals surface area (Å²) < 4.78 is 0. The molecule has 0 bridgehead atoms. The molecule has 22 heavy (non-hydrogen) atoms. The first kappa shape index (κ1) is 16.7. The van der Waals surface area contributed by atoms with Crippen LogP contribution in [0.2, 0.25) is 0 Å². The average Bonchev–Trinajstić information content (AvgIpc) is 2.46. The highest BCUT2D eigenvalue weighted by molar-refractivity contribution is 5.94. The lowest BCUT2D eigenvalue weighted by Gasteiger charge is -2.37. The Labute approximate surface area is 132 Å². The first-order valence-electron chi connectivity index (χ1n) is 7.64. The molecule has 0 radical (unpaired) electrons. The molecular weight excluding hydrogens is 280 g/mol. The highest BCUT2D eigenvalue weighted by atomic mass is 16.3. The van der Waals surface area contributed by atoms with Gasteiger partial charge in [0, 0.05) is 53.0 Å². The molecule has 0 aromatic carbocycles. The maximum Gasteiger partial charge on any atom is 0.255 e. The first-order chi connectivity index (χ1) is 10.3. The van der Waals surface area contributed by atoms with Gasteiger partial charge in [0.2, 0.25) is 0 Å². The lowest BCUT2D eigenvalue weighted by molar-refractivity contribution is 0.0178. The molecule has 1 aromatic rings. The molecule has 2 rings (SSSR count). The summed E-state index contributed by atoms with van der Waals surface area (Å²) in [6, 6.07) is 3.69. The Morgan fingerprint density at radius 2 is 1.91 bits per heavy atom. The van der Waals surface area contributed by atoms with Gasteiger partial charge >= 0.3 is 0 Å². The fraction of sp³-hybridized carbons (Fsp3) is 0.625. The lowest BCUT2D eigenvalue weighted by Crippen LogP contribution is -2.52. The van der Waals surface area contributed by atoms with Crippen LogP contribution in [0.5, 0.6) is 0 Å². The number of nitrogens with zero attached hydrogens (tertiary/aromatic N) is 4. The fourth-order valence-corrected chi connectivity index (χ4v) is 2.62. The van der Waals surface area contributed by atoms with Crippen LogP contribution >= 0.6 is 0 Å². The number of aromatic nitrogens is 1. The van der Waals surface area contributed by atoms with Crippen LogP contribution in [0.4, 0.5) is 5.82 Å². The Morgan fingerprint density at radius 3 is 2.36 bits per heavy atom. The average molecular weight is 306 g/mol. The fourth-order valence-electron chi connectivity index (χ4n) is 2.62. The minimum Gasteiger partial charge on any atom is -0.389 e. The summed E-state index contributed by atoms with van der Waals surface area (Å²) in [5, 5.41) is 9.86. The summed E-state index contributed by atoms with van der Waals surface area (Å²) in [6.45, 7) is 7.20. The predicted molar refractivity (Wildman–Crippen MR) is 87.2 cm³/mol. The molecule has 0 atom stereocenters. The van der Waals surface area contributed by atoms with Crippen molar-refractivity contribution in [2.75, 3.05) is 51.7 Å². The molecule has 6 heteroatoms. The van der Waals surface area contributed by atoms with Crippen molar-refractivity contribution in [3.63, 3.8) is 0 Å². The monoisotopic (exact) mass is 306 g/mol. The number of amides is 1. The molecular formula is C16H26N4O2. The summed E-state index contributed by atoms with van der Waals surface area (Å²) in [6.07, 6.45) is 1.64. The van der Waals surface area contributed by atoms with Crippen LogP contribution in [0.15, 0.2) is 18.3 Å². The van der Waals surface area contributed by atoms with Gasteiger partial charge in [-0.05, 0) is 26.0 Å². The van der Waals surface area contributed by atoms with Crippen LogP contribution in [-0.4, -0.2) is 78.2 Å². The molecule has 1 aromatic heterocycles. The van der Waals surface area contributed by atoms with Gasteiger partial charge in [-0.2, -0.15) is 0 Å². The molecule has 2 heterocycles. The molecule has 1 aliphatic rings. The van der Waals surface area contributed by atoms with Crippen LogP contribution in [0.3, 0.4) is 0 Å². The summed E-state index contributed by atoms with van der Waals surface area (Å²) in [7, 11) is 3.84. The molecule has 1 aliphatic heterocycles. The van der Waals surface area contributed by atoms with E-state index in [0.717, 1.165) is 18.9 Å². The van der Waals surface area contributed by atoms with Crippen molar-refractivity contribution < 1.29 is 9.90 Å². The SMILES string of the molecule is CN(C)c1ccc(C(=O)N2CCN(CC(C)(C)O)CC2)cn1. The quantitative estimate of drug-likeness (QED) is 0.886. The van der Waals surface area contributed by atoms with Crippen LogP contribution < -0.4 is 4.90 Å². The zero-order valence-electron chi connectivity index (χ0n) is 13.9. The Bertz CT molecular complexity index is 500. The second-order valence-corrected chi connectivity index (χ2v) is 6.68. The van der Waals surface area contributed by atoms with E-state index in [4.69, 9.17) is 0 Å². The molecule has 6 nitrogen and oxygen atoms in total. The molecule has 1 saturated heterocycles. The minimum absolute atomic E-state index is 0.0284. The van der Waals surface area contributed by atoms with E-state index in [1.165, 1.54) is 0 Å². The van der Waals surface area contributed by atoms with Gasteiger partial charge in [0.1, 0.15) is 5.82 Å². The largest absolute Gasteiger partial charge is 0.389 e. The number of piperazine rings is 1. The summed E-state index contributed by atoms with van der Waals surface area (Å²) in [4.78, 5) is 22.7. The standard InChI is InChI=1S/C16H26N4O2/c1-16(2,22)12-19-7-9-20(10-8-19)15(21)13-5-6-14(17-11-13)18(3)4/h5-6,11,22H,7-10,12H2,1-4H3. The van der Waals surface area contributed by atoms with Crippen LogP contribution in [-0.2, 0) is 0 Å². The third-order valence-corrected chi connectivity index (χ3v) is 3.72. The number of carbonyl (C=O) groups excluding carboxylic acids is 1. The van der Waals surface area contributed by atoms with Gasteiger partial charge in [-0.25, -0.2) is 4.98 Å². The van der Waals surface area contributed by atoms with E-state index in [-0.39, 0.29) is 5.91 Å². The summed E-state index contributed by atoms with van der Waals surface area (Å²) in [5.74, 6) is 0.868. The number of hydrogen-bond donors (Lipinski definition) is 1. The van der Waals surface area contributed by atoms with Crippen molar-refractivity contribution >= 4 is 11.7 Å². The Balaban J connectivity index is 1.92. The van der Waals surface area contributed by atoms with Gasteiger partial charge in [-0.1, -0.05) is 0 Å². The van der Waals surface area contributed by atoms with Gasteiger partial charge in [-0.15, -0.1) is 0 Å². The van der Waals surface area contributed by atoms with Gasteiger partial charge in [0.25, 0.3) is 5.91 Å². The minimum atomic E-state index is -0.696. The second-order valence-electron chi connectivity index (χ2n) is 6.68. The number of pyridine rings is 1. The van der Waals surface area contributed by atoms with Crippen molar-refractivity contribution in [1.82, 2.24) is 14.8 Å². The van der Waals surface area contributed by atoms with Gasteiger partial charge in [-0.3, -0.25) is 9.69 Å². The van der Waals surface area contributed by atoms with E-state index in [0.29, 0.717) is 25.2 Å². The number of β-amino-alcohol motifs (C(OH)–C–C–N with tert-alkyl or cyclic N) is 1. The molecule has 1 fully saturated rings. The molecule has 0 unspecified atom stereocenters. The number of aliphatic hydroxyl groups is 1. The topological polar surface area (TPSA) is 59.9 Å². The van der Waals surface area contributed by atoms with Crippen molar-refractivity contribution in [2.24, 2.45) is 0 Å². The number of anilines is 1. The smallest absolute Gasteiger partial charge is 0.255 e. The normalized spacial score (nSPS) is 16.7. The summed E-state index contributed by atoms with van der Waals surface area (Å²) in [5.41, 5.74) is -0.0699. The van der Waals surface area contributed by atoms with Crippen molar-refractivity contribution in [3.8, 4) is 0 Å². The van der Waals surface area contributed by atoms with Crippen molar-refractivity contribution in [1.29, 1.82) is 0 Å². The number of hydrogen-bond acceptors (Lipinski definition) is 5. The number of rotatable bonds is 4. The molecule has 0 spiro atoms. The van der Waals surface area contributed by atoms with Crippen LogP contribution in [0.1, 0.15) is 24.2 Å². The van der Waals surface area contributed by atoms with Crippen LogP contribution in [0.25, 0.3) is 0 Å². The van der Waals surface area contributed by atoms with Crippen molar-refractivity contribution in [2.45, 2.75) is 19.4 Å². The summed E-state index contributed by atoms with van der Waals surface area (Å²) >= 11 is 0. The molecule has 122 valence electrons. The third kappa shape index (κ3) is 4.42. The number of carbonyl (C=O) groups is 1. The molecule has 1 N–H and O–H groups in total. The third-order valence-electron chi connectivity index (χ3n) is 3.72. The van der Waals surface area contributed by atoms with Crippen molar-refractivity contribution in [3.05, 3.63) is 23.9 Å². The maximum absolute atomic E-state index is 12.5. The van der Waals surface area contributed by atoms with Gasteiger partial charge in [0.15, 0.2) is 0 Å². The first-order valence-corrected chi connectivity index (χ1v) is 7.64. The molecule has 1 amide bonds. The molecule has 0 saturated carbocycles.